The molecule has 0 atom stereocenters. The molecule has 0 saturated heterocycles. The zero-order valence-corrected chi connectivity index (χ0v) is 7.02. The lowest BCUT2D eigenvalue weighted by Crippen LogP contribution is -2.25. The van der Waals surface area contributed by atoms with Crippen molar-refractivity contribution in [3.8, 4) is 11.3 Å². The van der Waals surface area contributed by atoms with Crippen LogP contribution >= 0.6 is 0 Å². The smallest absolute Gasteiger partial charge is 0.271 e. The van der Waals surface area contributed by atoms with Gasteiger partial charge in [-0.1, -0.05) is 0 Å². The quantitative estimate of drug-likeness (QED) is 0.635. The van der Waals surface area contributed by atoms with Gasteiger partial charge in [0.05, 0.1) is 0 Å². The van der Waals surface area contributed by atoms with Crippen LogP contribution in [0.4, 0.5) is 0 Å². The fourth-order valence-electron chi connectivity index (χ4n) is 1.05. The standard InChI is InChI=1S/C8H6N4O2/c13-7-6(11-12-8(14)10-7)5-2-1-3-9-4-5/h1-4H,(H2,10,12,13,14). The molecule has 2 N–H and O–H groups in total. The molecule has 0 aliphatic rings. The van der Waals surface area contributed by atoms with Crippen molar-refractivity contribution in [2.75, 3.05) is 0 Å². The number of aromatic nitrogens is 4. The van der Waals surface area contributed by atoms with Gasteiger partial charge in [-0.05, 0) is 12.1 Å². The fraction of sp³-hybridized carbons (Fsp3) is 0. The van der Waals surface area contributed by atoms with Gasteiger partial charge in [0.25, 0.3) is 5.56 Å². The van der Waals surface area contributed by atoms with Crippen molar-refractivity contribution < 1.29 is 0 Å². The van der Waals surface area contributed by atoms with E-state index in [1.807, 2.05) is 0 Å². The van der Waals surface area contributed by atoms with Crippen LogP contribution < -0.4 is 11.2 Å². The molecule has 0 fully saturated rings. The maximum atomic E-state index is 11.3. The first-order valence-corrected chi connectivity index (χ1v) is 3.87. The van der Waals surface area contributed by atoms with Crippen molar-refractivity contribution in [3.05, 3.63) is 45.4 Å². The number of rotatable bonds is 1. The summed E-state index contributed by atoms with van der Waals surface area (Å²) in [6.07, 6.45) is 3.08. The molecule has 0 aromatic carbocycles. The van der Waals surface area contributed by atoms with Crippen LogP contribution in [-0.2, 0) is 0 Å². The summed E-state index contributed by atoms with van der Waals surface area (Å²) >= 11 is 0. The first-order chi connectivity index (χ1) is 6.77. The minimum Gasteiger partial charge on any atom is -0.271 e. The number of pyridine rings is 1. The first kappa shape index (κ1) is 8.36. The van der Waals surface area contributed by atoms with Crippen LogP contribution in [0.25, 0.3) is 11.3 Å². The largest absolute Gasteiger partial charge is 0.342 e. The molecule has 2 aromatic rings. The second kappa shape index (κ2) is 3.25. The Hall–Kier alpha value is -2.24. The number of H-pyrrole nitrogens is 2. The zero-order valence-electron chi connectivity index (χ0n) is 7.02. The van der Waals surface area contributed by atoms with Gasteiger partial charge < -0.3 is 0 Å². The Morgan fingerprint density at radius 1 is 1.29 bits per heavy atom. The van der Waals surface area contributed by atoms with Crippen LogP contribution in [-0.4, -0.2) is 20.2 Å². The SMILES string of the molecule is O=c1[nH]nc(-c2cccnc2)c(=O)[nH]1. The topological polar surface area (TPSA) is 91.5 Å². The van der Waals surface area contributed by atoms with Crippen molar-refractivity contribution in [2.45, 2.75) is 0 Å². The fourth-order valence-corrected chi connectivity index (χ4v) is 1.05. The van der Waals surface area contributed by atoms with E-state index in [-0.39, 0.29) is 5.69 Å². The molecule has 0 radical (unpaired) electrons. The Balaban J connectivity index is 2.64. The number of hydrogen-bond acceptors (Lipinski definition) is 4. The maximum Gasteiger partial charge on any atom is 0.342 e. The summed E-state index contributed by atoms with van der Waals surface area (Å²) in [6, 6.07) is 3.37. The lowest BCUT2D eigenvalue weighted by molar-refractivity contribution is 0.897. The molecule has 0 amide bonds. The van der Waals surface area contributed by atoms with Gasteiger partial charge in [0.1, 0.15) is 0 Å². The van der Waals surface area contributed by atoms with Crippen LogP contribution in [0.1, 0.15) is 0 Å². The molecule has 2 aromatic heterocycles. The lowest BCUT2D eigenvalue weighted by Gasteiger charge is -1.95. The zero-order chi connectivity index (χ0) is 9.97. The van der Waals surface area contributed by atoms with Crippen LogP contribution in [0.3, 0.4) is 0 Å². The third-order valence-electron chi connectivity index (χ3n) is 1.65. The summed E-state index contributed by atoms with van der Waals surface area (Å²) < 4.78 is 0. The molecular weight excluding hydrogens is 184 g/mol. The molecule has 70 valence electrons. The van der Waals surface area contributed by atoms with E-state index in [9.17, 15) is 9.59 Å². The van der Waals surface area contributed by atoms with E-state index in [0.29, 0.717) is 5.56 Å². The lowest BCUT2D eigenvalue weighted by atomic mass is 10.2. The molecule has 0 bridgehead atoms. The summed E-state index contributed by atoms with van der Waals surface area (Å²) in [5.74, 6) is 0. The monoisotopic (exact) mass is 190 g/mol. The molecule has 2 rings (SSSR count). The van der Waals surface area contributed by atoms with Crippen molar-refractivity contribution in [3.63, 3.8) is 0 Å². The van der Waals surface area contributed by atoms with Crippen molar-refractivity contribution in [2.24, 2.45) is 0 Å². The van der Waals surface area contributed by atoms with Crippen LogP contribution in [0.5, 0.6) is 0 Å². The summed E-state index contributed by atoms with van der Waals surface area (Å²) in [6.45, 7) is 0. The third-order valence-corrected chi connectivity index (χ3v) is 1.65. The highest BCUT2D eigenvalue weighted by Crippen LogP contribution is 2.07. The molecule has 6 nitrogen and oxygen atoms in total. The Morgan fingerprint density at radius 2 is 2.14 bits per heavy atom. The highest BCUT2D eigenvalue weighted by Gasteiger charge is 2.04. The number of nitrogens with zero attached hydrogens (tertiary/aromatic N) is 2. The third kappa shape index (κ3) is 1.45. The Morgan fingerprint density at radius 3 is 2.79 bits per heavy atom. The second-order valence-electron chi connectivity index (χ2n) is 2.60. The van der Waals surface area contributed by atoms with Crippen molar-refractivity contribution in [1.82, 2.24) is 20.2 Å². The van der Waals surface area contributed by atoms with E-state index in [2.05, 4.69) is 20.2 Å². The number of hydrogen-bond donors (Lipinski definition) is 2. The predicted octanol–water partition coefficient (Wildman–Crippen LogP) is -0.480. The van der Waals surface area contributed by atoms with Gasteiger partial charge in [-0.2, -0.15) is 5.10 Å². The number of nitrogens with one attached hydrogen (secondary N) is 2. The summed E-state index contributed by atoms with van der Waals surface area (Å²) in [7, 11) is 0. The van der Waals surface area contributed by atoms with Crippen LogP contribution in [0.2, 0.25) is 0 Å². The molecule has 0 spiro atoms. The maximum absolute atomic E-state index is 11.3. The highest BCUT2D eigenvalue weighted by atomic mass is 16.2. The average Bonchev–Trinajstić information content (AvgIpc) is 2.19. The van der Waals surface area contributed by atoms with Crippen LogP contribution in [0, 0.1) is 0 Å². The van der Waals surface area contributed by atoms with Gasteiger partial charge in [-0.15, -0.1) is 0 Å². The number of aromatic amines is 2. The molecule has 6 heteroatoms. The second-order valence-corrected chi connectivity index (χ2v) is 2.60. The van der Waals surface area contributed by atoms with E-state index < -0.39 is 11.2 Å². The van der Waals surface area contributed by atoms with Gasteiger partial charge in [0.15, 0.2) is 5.69 Å². The van der Waals surface area contributed by atoms with E-state index in [1.54, 1.807) is 18.3 Å². The van der Waals surface area contributed by atoms with E-state index >= 15 is 0 Å². The van der Waals surface area contributed by atoms with Crippen molar-refractivity contribution in [1.29, 1.82) is 0 Å². The first-order valence-electron chi connectivity index (χ1n) is 3.87. The molecule has 2 heterocycles. The molecule has 0 aliphatic heterocycles. The van der Waals surface area contributed by atoms with Gasteiger partial charge in [0, 0.05) is 18.0 Å². The Labute approximate surface area is 77.7 Å². The van der Waals surface area contributed by atoms with Gasteiger partial charge >= 0.3 is 5.69 Å². The van der Waals surface area contributed by atoms with Gasteiger partial charge in [0.2, 0.25) is 0 Å². The van der Waals surface area contributed by atoms with Gasteiger partial charge in [-0.25, -0.2) is 9.89 Å². The van der Waals surface area contributed by atoms with Gasteiger partial charge in [-0.3, -0.25) is 14.8 Å². The summed E-state index contributed by atoms with van der Waals surface area (Å²) in [5.41, 5.74) is -0.438. The van der Waals surface area contributed by atoms with E-state index in [1.165, 1.54) is 6.20 Å². The highest BCUT2D eigenvalue weighted by molar-refractivity contribution is 5.55. The summed E-state index contributed by atoms with van der Waals surface area (Å²) in [4.78, 5) is 27.9. The van der Waals surface area contributed by atoms with Crippen LogP contribution in [0.15, 0.2) is 34.1 Å². The summed E-state index contributed by atoms with van der Waals surface area (Å²) in [5, 5.41) is 5.78. The molecule has 0 aliphatic carbocycles. The average molecular weight is 190 g/mol. The predicted molar refractivity (Wildman–Crippen MR) is 48.7 cm³/mol. The minimum atomic E-state index is -0.623. The molecule has 14 heavy (non-hydrogen) atoms. The molecule has 0 saturated carbocycles. The molecule has 0 unspecified atom stereocenters. The Kier molecular flexibility index (Phi) is 1.94. The normalized spacial score (nSPS) is 10.0. The van der Waals surface area contributed by atoms with Crippen molar-refractivity contribution >= 4 is 0 Å². The minimum absolute atomic E-state index is 0.151. The van der Waals surface area contributed by atoms with E-state index in [0.717, 1.165) is 0 Å². The Bertz CT molecular complexity index is 543. The van der Waals surface area contributed by atoms with E-state index in [4.69, 9.17) is 0 Å². The molecular formula is C8H6N4O2.